The maximum Gasteiger partial charge on any atom is 0.339 e. The molecule has 4 aromatic rings. The van der Waals surface area contributed by atoms with Gasteiger partial charge < -0.3 is 18.5 Å². The van der Waals surface area contributed by atoms with Crippen LogP contribution in [0, 0.1) is 0 Å². The Morgan fingerprint density at radius 3 is 2.67 bits per heavy atom. The zero-order valence-electron chi connectivity index (χ0n) is 18.1. The summed E-state index contributed by atoms with van der Waals surface area (Å²) in [5.41, 5.74) is 3.80. The first-order valence-electron chi connectivity index (χ1n) is 10.7. The van der Waals surface area contributed by atoms with Crippen molar-refractivity contribution in [2.75, 3.05) is 13.7 Å². The lowest BCUT2D eigenvalue weighted by atomic mass is 10.0. The second-order valence-electron chi connectivity index (χ2n) is 7.92. The molecule has 0 aliphatic heterocycles. The van der Waals surface area contributed by atoms with Crippen molar-refractivity contribution < 1.29 is 23.2 Å². The van der Waals surface area contributed by atoms with Gasteiger partial charge in [0.25, 0.3) is 5.91 Å². The van der Waals surface area contributed by atoms with Crippen molar-refractivity contribution >= 4 is 34.4 Å². The highest BCUT2D eigenvalue weighted by molar-refractivity contribution is 6.07. The number of para-hydroxylation sites is 1. The van der Waals surface area contributed by atoms with E-state index in [2.05, 4.69) is 0 Å². The number of amides is 1. The summed E-state index contributed by atoms with van der Waals surface area (Å²) in [5.74, 6) is 0.560. The normalized spacial score (nSPS) is 13.9. The number of hydrogen-bond donors (Lipinski definition) is 0. The van der Waals surface area contributed by atoms with Crippen molar-refractivity contribution in [3.05, 3.63) is 89.4 Å². The first-order valence-corrected chi connectivity index (χ1v) is 10.7. The number of carbonyl (C=O) groups is 2. The maximum absolute atomic E-state index is 13.2. The van der Waals surface area contributed by atoms with Crippen LogP contribution in [0.4, 0.5) is 0 Å². The van der Waals surface area contributed by atoms with Gasteiger partial charge in [0.15, 0.2) is 6.61 Å². The smallest absolute Gasteiger partial charge is 0.339 e. The summed E-state index contributed by atoms with van der Waals surface area (Å²) in [6.07, 6.45) is 6.53. The Balaban J connectivity index is 1.42. The molecular weight excluding hydrogens is 420 g/mol. The summed E-state index contributed by atoms with van der Waals surface area (Å²) >= 11 is 0. The monoisotopic (exact) mass is 442 g/mol. The van der Waals surface area contributed by atoms with Crippen LogP contribution in [0.3, 0.4) is 0 Å². The minimum absolute atomic E-state index is 0.303. The molecular formula is C26H22N2O5. The molecule has 0 N–H and O–H groups in total. The molecule has 0 atom stereocenters. The van der Waals surface area contributed by atoms with E-state index in [1.54, 1.807) is 31.7 Å². The third-order valence-corrected chi connectivity index (χ3v) is 5.73. The number of pyridine rings is 1. The topological polar surface area (TPSA) is 85.8 Å². The van der Waals surface area contributed by atoms with E-state index < -0.39 is 5.97 Å². The van der Waals surface area contributed by atoms with Crippen LogP contribution in [-0.2, 0) is 22.5 Å². The number of ether oxygens (including phenoxy) is 1. The number of rotatable bonds is 6. The van der Waals surface area contributed by atoms with Gasteiger partial charge in [-0.25, -0.2) is 9.78 Å². The SMILES string of the molecule is CN(Cc1ccco1)C(=O)COC(=O)c1c2c(nc3ccccc13)/C(=C/c1ccco1)CC2. The second-order valence-corrected chi connectivity index (χ2v) is 7.92. The number of hydrogen-bond acceptors (Lipinski definition) is 6. The van der Waals surface area contributed by atoms with Crippen molar-refractivity contribution in [1.82, 2.24) is 9.88 Å². The summed E-state index contributed by atoms with van der Waals surface area (Å²) in [6.45, 7) is -0.0472. The highest BCUT2D eigenvalue weighted by Gasteiger charge is 2.28. The summed E-state index contributed by atoms with van der Waals surface area (Å²) in [5, 5.41) is 0.719. The first-order chi connectivity index (χ1) is 16.1. The molecule has 1 amide bonds. The molecule has 0 fully saturated rings. The van der Waals surface area contributed by atoms with Crippen LogP contribution in [0.5, 0.6) is 0 Å². The standard InChI is InChI=1S/C26H22N2O5/c1-28(15-19-7-5-13-32-19)23(29)16-33-26(30)24-20-8-2-3-9-22(20)27-25-17(10-11-21(24)25)14-18-6-4-12-31-18/h2-9,12-14H,10-11,15-16H2,1H3/b17-14+. The third-order valence-electron chi connectivity index (χ3n) is 5.73. The van der Waals surface area contributed by atoms with Crippen LogP contribution in [0.1, 0.15) is 39.6 Å². The Morgan fingerprint density at radius 2 is 1.88 bits per heavy atom. The number of furan rings is 2. The molecule has 1 aliphatic carbocycles. The molecule has 0 saturated carbocycles. The van der Waals surface area contributed by atoms with Crippen molar-refractivity contribution in [2.24, 2.45) is 0 Å². The van der Waals surface area contributed by atoms with Crippen molar-refractivity contribution in [1.29, 1.82) is 0 Å². The fourth-order valence-electron chi connectivity index (χ4n) is 4.09. The molecule has 0 bridgehead atoms. The highest BCUT2D eigenvalue weighted by Crippen LogP contribution is 2.37. The Labute approximate surface area is 190 Å². The molecule has 5 rings (SSSR count). The van der Waals surface area contributed by atoms with Gasteiger partial charge >= 0.3 is 5.97 Å². The molecule has 0 unspecified atom stereocenters. The summed E-state index contributed by atoms with van der Waals surface area (Å²) < 4.78 is 16.2. The van der Waals surface area contributed by atoms with Gasteiger partial charge in [-0.2, -0.15) is 0 Å². The predicted octanol–water partition coefficient (Wildman–Crippen LogP) is 4.72. The minimum atomic E-state index is -0.524. The molecule has 1 aromatic carbocycles. The minimum Gasteiger partial charge on any atom is -0.467 e. The maximum atomic E-state index is 13.2. The zero-order valence-corrected chi connectivity index (χ0v) is 18.1. The van der Waals surface area contributed by atoms with Crippen molar-refractivity contribution in [3.8, 4) is 0 Å². The Bertz CT molecular complexity index is 1340. The van der Waals surface area contributed by atoms with E-state index >= 15 is 0 Å². The lowest BCUT2D eigenvalue weighted by Gasteiger charge is -2.16. The van der Waals surface area contributed by atoms with E-state index in [1.165, 1.54) is 4.90 Å². The highest BCUT2D eigenvalue weighted by atomic mass is 16.5. The fourth-order valence-corrected chi connectivity index (χ4v) is 4.09. The number of likely N-dealkylation sites (N-methyl/N-ethyl adjacent to an activating group) is 1. The first kappa shape index (κ1) is 20.8. The molecule has 0 saturated heterocycles. The molecule has 3 aromatic heterocycles. The van der Waals surface area contributed by atoms with Crippen LogP contribution < -0.4 is 0 Å². The van der Waals surface area contributed by atoms with Crippen LogP contribution in [0.15, 0.2) is 69.9 Å². The molecule has 7 heteroatoms. The van der Waals surface area contributed by atoms with Crippen LogP contribution in [0.25, 0.3) is 22.6 Å². The lowest BCUT2D eigenvalue weighted by Crippen LogP contribution is -2.30. The van der Waals surface area contributed by atoms with Gasteiger partial charge in [-0.05, 0) is 60.4 Å². The van der Waals surface area contributed by atoms with Crippen LogP contribution in [-0.4, -0.2) is 35.4 Å². The number of nitrogens with zero attached hydrogens (tertiary/aromatic N) is 2. The molecule has 1 aliphatic rings. The third kappa shape index (κ3) is 4.17. The molecule has 0 spiro atoms. The predicted molar refractivity (Wildman–Crippen MR) is 122 cm³/mol. The molecule has 166 valence electrons. The average Bonchev–Trinajstić information content (AvgIpc) is 3.59. The second kappa shape index (κ2) is 8.78. The lowest BCUT2D eigenvalue weighted by molar-refractivity contribution is -0.133. The van der Waals surface area contributed by atoms with Crippen LogP contribution >= 0.6 is 0 Å². The molecule has 0 radical (unpaired) electrons. The van der Waals surface area contributed by atoms with Gasteiger partial charge in [-0.1, -0.05) is 18.2 Å². The van der Waals surface area contributed by atoms with Gasteiger partial charge in [-0.15, -0.1) is 0 Å². The summed E-state index contributed by atoms with van der Waals surface area (Å²) in [4.78, 5) is 32.0. The van der Waals surface area contributed by atoms with E-state index in [4.69, 9.17) is 18.6 Å². The largest absolute Gasteiger partial charge is 0.467 e. The van der Waals surface area contributed by atoms with Crippen LogP contribution in [0.2, 0.25) is 0 Å². The quantitative estimate of drug-likeness (QED) is 0.402. The van der Waals surface area contributed by atoms with E-state index in [0.717, 1.165) is 34.4 Å². The number of carbonyl (C=O) groups excluding carboxylic acids is 2. The average molecular weight is 442 g/mol. The zero-order chi connectivity index (χ0) is 22.8. The number of esters is 1. The fraction of sp³-hybridized carbons (Fsp3) is 0.192. The molecule has 7 nitrogen and oxygen atoms in total. The number of allylic oxidation sites excluding steroid dienone is 1. The summed E-state index contributed by atoms with van der Waals surface area (Å²) in [6, 6.07) is 14.7. The van der Waals surface area contributed by atoms with Crippen molar-refractivity contribution in [3.63, 3.8) is 0 Å². The molecule has 33 heavy (non-hydrogen) atoms. The van der Waals surface area contributed by atoms with Crippen molar-refractivity contribution in [2.45, 2.75) is 19.4 Å². The summed E-state index contributed by atoms with van der Waals surface area (Å²) in [7, 11) is 1.64. The molecule has 3 heterocycles. The van der Waals surface area contributed by atoms with E-state index in [9.17, 15) is 9.59 Å². The number of fused-ring (bicyclic) bond motifs is 2. The van der Waals surface area contributed by atoms with Gasteiger partial charge in [0, 0.05) is 12.4 Å². The Morgan fingerprint density at radius 1 is 1.06 bits per heavy atom. The van der Waals surface area contributed by atoms with Gasteiger partial charge in [0.05, 0.1) is 35.8 Å². The Hall–Kier alpha value is -4.13. The van der Waals surface area contributed by atoms with E-state index in [1.807, 2.05) is 42.5 Å². The van der Waals surface area contributed by atoms with E-state index in [0.29, 0.717) is 29.8 Å². The Kier molecular flexibility index (Phi) is 5.52. The number of benzene rings is 1. The van der Waals surface area contributed by atoms with Gasteiger partial charge in [-0.3, -0.25) is 4.79 Å². The number of aromatic nitrogens is 1. The van der Waals surface area contributed by atoms with Gasteiger partial charge in [0.2, 0.25) is 0 Å². The van der Waals surface area contributed by atoms with E-state index in [-0.39, 0.29) is 12.5 Å². The van der Waals surface area contributed by atoms with Gasteiger partial charge in [0.1, 0.15) is 11.5 Å².